The first kappa shape index (κ1) is 37.7. The molecule has 263 valence electrons. The summed E-state index contributed by atoms with van der Waals surface area (Å²) < 4.78 is 10.3. The predicted molar refractivity (Wildman–Crippen MR) is 197 cm³/mol. The van der Waals surface area contributed by atoms with Gasteiger partial charge in [-0.25, -0.2) is 9.59 Å². The summed E-state index contributed by atoms with van der Waals surface area (Å²) in [5.41, 5.74) is 2.57. The van der Waals surface area contributed by atoms with Crippen LogP contribution in [0.25, 0.3) is 21.5 Å². The van der Waals surface area contributed by atoms with E-state index in [4.69, 9.17) is 9.47 Å². The van der Waals surface area contributed by atoms with E-state index < -0.39 is 12.2 Å². The molecule has 0 fully saturated rings. The van der Waals surface area contributed by atoms with Crippen molar-refractivity contribution < 1.29 is 45.7 Å². The Labute approximate surface area is 306 Å². The van der Waals surface area contributed by atoms with Gasteiger partial charge in [0.05, 0.1) is 11.4 Å². The second-order valence-corrected chi connectivity index (χ2v) is 10.8. The van der Waals surface area contributed by atoms with Crippen LogP contribution < -0.4 is 21.3 Å². The smallest absolute Gasteiger partial charge is 0.411 e. The van der Waals surface area contributed by atoms with Crippen LogP contribution in [0.4, 0.5) is 21.0 Å². The number of benzene rings is 4. The van der Waals surface area contributed by atoms with Crippen molar-refractivity contribution in [1.82, 2.24) is 10.6 Å². The molecule has 0 heterocycles. The monoisotopic (exact) mass is 731 g/mol. The van der Waals surface area contributed by atoms with Gasteiger partial charge in [0.15, 0.2) is 11.6 Å². The molecule has 6 rings (SSSR count). The number of hydrogen-bond acceptors (Lipinski definition) is 8. The molecule has 0 atom stereocenters. The molecule has 0 saturated carbocycles. The maximum atomic E-state index is 11.9. The van der Waals surface area contributed by atoms with Crippen molar-refractivity contribution in [3.05, 3.63) is 157 Å². The first-order chi connectivity index (χ1) is 24.5. The first-order valence-electron chi connectivity index (χ1n) is 16.0. The summed E-state index contributed by atoms with van der Waals surface area (Å²) in [5, 5.41) is 15.4. The van der Waals surface area contributed by atoms with Crippen LogP contribution in [0.3, 0.4) is 0 Å². The zero-order valence-electron chi connectivity index (χ0n) is 27.4. The number of amides is 2. The summed E-state index contributed by atoms with van der Waals surface area (Å²) >= 11 is 0. The third kappa shape index (κ3) is 11.5. The van der Waals surface area contributed by atoms with E-state index >= 15 is 0 Å². The average molecular weight is 732 g/mol. The van der Waals surface area contributed by atoms with E-state index in [1.165, 1.54) is 12.2 Å². The van der Waals surface area contributed by atoms with Gasteiger partial charge < -0.3 is 20.1 Å². The second kappa shape index (κ2) is 19.7. The molecule has 11 heteroatoms. The van der Waals surface area contributed by atoms with Gasteiger partial charge in [-0.3, -0.25) is 20.2 Å². The summed E-state index contributed by atoms with van der Waals surface area (Å²) in [6, 6.07) is 27.0. The van der Waals surface area contributed by atoms with Crippen molar-refractivity contribution in [2.75, 3.05) is 36.9 Å². The molecule has 4 N–H and O–H groups in total. The molecule has 10 nitrogen and oxygen atoms in total. The SMILES string of the molecule is O=C(Nc1cccc2ccccc12)OCCN/C=C1/C=CC=CC1=O.O=C(Nc1cccc2ccccc12)OCCN/C=C1/C=CC=CC1=O.[Cu]. The number of carbonyl (C=O) groups is 4. The fraction of sp³-hybridized carbons (Fsp3) is 0.100. The van der Waals surface area contributed by atoms with Crippen molar-refractivity contribution in [2.24, 2.45) is 0 Å². The molecule has 0 unspecified atom stereocenters. The molecule has 1 radical (unpaired) electrons. The number of rotatable bonds is 10. The Balaban J connectivity index is 0.000000224. The van der Waals surface area contributed by atoms with Crippen LogP contribution in [-0.4, -0.2) is 50.1 Å². The molecule has 51 heavy (non-hydrogen) atoms. The molecular weight excluding hydrogens is 696 g/mol. The Kier molecular flexibility index (Phi) is 14.6. The third-order valence-electron chi connectivity index (χ3n) is 7.36. The van der Waals surface area contributed by atoms with Gasteiger partial charge in [0.25, 0.3) is 0 Å². The molecular formula is C40H36CuN4O6. The topological polar surface area (TPSA) is 135 Å². The quantitative estimate of drug-likeness (QED) is 0.0771. The number of nitrogens with one attached hydrogen (secondary N) is 4. The molecule has 4 aromatic rings. The van der Waals surface area contributed by atoms with Gasteiger partial charge in [0.2, 0.25) is 0 Å². The number of anilines is 2. The maximum Gasteiger partial charge on any atom is 0.411 e. The number of hydrogen-bond donors (Lipinski definition) is 4. The predicted octanol–water partition coefficient (Wildman–Crippen LogP) is 7.11. The Morgan fingerprint density at radius 3 is 1.35 bits per heavy atom. The van der Waals surface area contributed by atoms with Crippen LogP contribution in [0.1, 0.15) is 0 Å². The fourth-order valence-corrected chi connectivity index (χ4v) is 4.93. The van der Waals surface area contributed by atoms with Crippen molar-refractivity contribution in [1.29, 1.82) is 0 Å². The molecule has 2 amide bonds. The standard InChI is InChI=1S/2C20H18N2O3.Cu/c2*23-19-11-4-2-7-16(19)14-21-12-13-25-20(24)22-18-10-5-8-15-6-1-3-9-17(15)18;/h2*1-11,14,21H,12-13H2,(H,22,24);/b2*16-14-;. The number of carbonyl (C=O) groups excluding carboxylic acids is 4. The summed E-state index contributed by atoms with van der Waals surface area (Å²) in [5.74, 6) is -0.103. The van der Waals surface area contributed by atoms with Gasteiger partial charge in [0.1, 0.15) is 13.2 Å². The fourth-order valence-electron chi connectivity index (χ4n) is 4.93. The molecule has 0 aromatic heterocycles. The van der Waals surface area contributed by atoms with Crippen LogP contribution in [0.5, 0.6) is 0 Å². The Bertz CT molecular complexity index is 1910. The number of ketones is 2. The maximum absolute atomic E-state index is 11.9. The van der Waals surface area contributed by atoms with E-state index in [-0.39, 0.29) is 41.8 Å². The van der Waals surface area contributed by atoms with Crippen molar-refractivity contribution in [2.45, 2.75) is 0 Å². The Morgan fingerprint density at radius 1 is 0.529 bits per heavy atom. The minimum atomic E-state index is -0.512. The first-order valence-corrected chi connectivity index (χ1v) is 16.0. The Hall–Kier alpha value is -6.16. The van der Waals surface area contributed by atoms with Crippen molar-refractivity contribution in [3.63, 3.8) is 0 Å². The number of ether oxygens (including phenoxy) is 2. The molecule has 0 saturated heterocycles. The average Bonchev–Trinajstić information content (AvgIpc) is 3.13. The third-order valence-corrected chi connectivity index (χ3v) is 7.36. The van der Waals surface area contributed by atoms with E-state index in [9.17, 15) is 19.2 Å². The number of fused-ring (bicyclic) bond motifs is 2. The molecule has 2 aliphatic rings. The van der Waals surface area contributed by atoms with Crippen molar-refractivity contribution >= 4 is 56.7 Å². The van der Waals surface area contributed by atoms with Crippen LogP contribution in [-0.2, 0) is 36.1 Å². The van der Waals surface area contributed by atoms with Crippen LogP contribution in [0, 0.1) is 0 Å². The van der Waals surface area contributed by atoms with Gasteiger partial charge in [-0.2, -0.15) is 0 Å². The van der Waals surface area contributed by atoms with E-state index in [1.54, 1.807) is 48.9 Å². The van der Waals surface area contributed by atoms with E-state index in [0.717, 1.165) is 21.5 Å². The van der Waals surface area contributed by atoms with E-state index in [2.05, 4.69) is 21.3 Å². The molecule has 0 spiro atoms. The summed E-state index contributed by atoms with van der Waals surface area (Å²) in [6.07, 6.45) is 15.6. The number of allylic oxidation sites excluding steroid dienone is 10. The second-order valence-electron chi connectivity index (χ2n) is 10.8. The van der Waals surface area contributed by atoms with Gasteiger partial charge in [0, 0.05) is 64.5 Å². The normalized spacial score (nSPS) is 14.4. The minimum absolute atomic E-state index is 0. The van der Waals surface area contributed by atoms with Gasteiger partial charge >= 0.3 is 12.2 Å². The zero-order valence-corrected chi connectivity index (χ0v) is 28.4. The Morgan fingerprint density at radius 2 is 0.922 bits per heavy atom. The molecule has 2 aliphatic carbocycles. The van der Waals surface area contributed by atoms with Crippen LogP contribution in [0.2, 0.25) is 0 Å². The van der Waals surface area contributed by atoms with Gasteiger partial charge in [-0.1, -0.05) is 97.1 Å². The summed E-state index contributed by atoms with van der Waals surface area (Å²) in [7, 11) is 0. The van der Waals surface area contributed by atoms with Gasteiger partial charge in [-0.15, -0.1) is 0 Å². The molecule has 0 aliphatic heterocycles. The largest absolute Gasteiger partial charge is 0.447 e. The summed E-state index contributed by atoms with van der Waals surface area (Å²) in [6.45, 7) is 1.21. The molecule has 0 bridgehead atoms. The van der Waals surface area contributed by atoms with Crippen LogP contribution >= 0.6 is 0 Å². The van der Waals surface area contributed by atoms with E-state index in [1.807, 2.05) is 84.9 Å². The van der Waals surface area contributed by atoms with Crippen LogP contribution in [0.15, 0.2) is 157 Å². The van der Waals surface area contributed by atoms with Gasteiger partial charge in [-0.05, 0) is 47.2 Å². The minimum Gasteiger partial charge on any atom is -0.447 e. The zero-order chi connectivity index (χ0) is 35.0. The van der Waals surface area contributed by atoms with Crippen molar-refractivity contribution in [3.8, 4) is 0 Å². The molecule has 4 aromatic carbocycles. The summed E-state index contributed by atoms with van der Waals surface area (Å²) in [4.78, 5) is 46.9. The van der Waals surface area contributed by atoms with E-state index in [0.29, 0.717) is 35.6 Å².